The van der Waals surface area contributed by atoms with Crippen LogP contribution in [0.2, 0.25) is 5.02 Å². The summed E-state index contributed by atoms with van der Waals surface area (Å²) < 4.78 is 5.95. The topological polar surface area (TPSA) is 22.1 Å². The van der Waals surface area contributed by atoms with Gasteiger partial charge in [0.05, 0.1) is 0 Å². The molecule has 1 aromatic rings. The second-order valence-corrected chi connectivity index (χ2v) is 3.24. The summed E-state index contributed by atoms with van der Waals surface area (Å²) in [7, 11) is 0. The van der Waals surface area contributed by atoms with E-state index < -0.39 is 0 Å². The van der Waals surface area contributed by atoms with E-state index in [1.165, 1.54) is 0 Å². The highest BCUT2D eigenvalue weighted by atomic mass is 79.9. The van der Waals surface area contributed by atoms with Crippen molar-refractivity contribution in [3.8, 4) is 5.88 Å². The Morgan fingerprint density at radius 2 is 2.50 bits per heavy atom. The molecule has 1 heterocycles. The van der Waals surface area contributed by atoms with E-state index in [0.717, 1.165) is 4.47 Å². The first kappa shape index (κ1) is 9.55. The van der Waals surface area contributed by atoms with Crippen molar-refractivity contribution in [1.29, 1.82) is 0 Å². The van der Waals surface area contributed by atoms with E-state index in [1.54, 1.807) is 18.3 Å². The molecule has 0 aliphatic heterocycles. The quantitative estimate of drug-likeness (QED) is 0.767. The molecule has 64 valence electrons. The van der Waals surface area contributed by atoms with Gasteiger partial charge < -0.3 is 4.74 Å². The zero-order valence-corrected chi connectivity index (χ0v) is 8.60. The zero-order valence-electron chi connectivity index (χ0n) is 6.26. The molecule has 0 aliphatic rings. The predicted molar refractivity (Wildman–Crippen MR) is 52.6 cm³/mol. The van der Waals surface area contributed by atoms with Crippen molar-refractivity contribution in [1.82, 2.24) is 4.98 Å². The third kappa shape index (κ3) is 2.22. The lowest BCUT2D eigenvalue weighted by Crippen LogP contribution is -1.95. The lowest BCUT2D eigenvalue weighted by molar-refractivity contribution is 0.349. The van der Waals surface area contributed by atoms with Gasteiger partial charge in [0.1, 0.15) is 11.6 Å². The van der Waals surface area contributed by atoms with E-state index in [1.807, 2.05) is 0 Å². The van der Waals surface area contributed by atoms with E-state index in [2.05, 4.69) is 27.5 Å². The van der Waals surface area contributed by atoms with Crippen molar-refractivity contribution in [2.24, 2.45) is 0 Å². The molecule has 0 atom stereocenters. The van der Waals surface area contributed by atoms with Crippen molar-refractivity contribution < 1.29 is 4.74 Å². The number of pyridine rings is 1. The molecule has 12 heavy (non-hydrogen) atoms. The van der Waals surface area contributed by atoms with Crippen LogP contribution in [0.25, 0.3) is 0 Å². The molecule has 0 spiro atoms. The Morgan fingerprint density at radius 1 is 1.75 bits per heavy atom. The van der Waals surface area contributed by atoms with E-state index in [-0.39, 0.29) is 0 Å². The molecule has 0 radical (unpaired) electrons. The minimum Gasteiger partial charge on any atom is -0.472 e. The van der Waals surface area contributed by atoms with Gasteiger partial charge in [-0.1, -0.05) is 24.3 Å². The van der Waals surface area contributed by atoms with Crippen LogP contribution in [0.3, 0.4) is 0 Å². The Balaban J connectivity index is 2.84. The average Bonchev–Trinajstić information content (AvgIpc) is 2.08. The van der Waals surface area contributed by atoms with Gasteiger partial charge in [-0.05, 0) is 22.0 Å². The molecule has 0 amide bonds. The fourth-order valence-corrected chi connectivity index (χ4v) is 1.10. The van der Waals surface area contributed by atoms with E-state index in [9.17, 15) is 0 Å². The van der Waals surface area contributed by atoms with Gasteiger partial charge >= 0.3 is 0 Å². The number of aromatic nitrogens is 1. The summed E-state index contributed by atoms with van der Waals surface area (Å²) in [5.41, 5.74) is 0. The van der Waals surface area contributed by atoms with Crippen molar-refractivity contribution in [3.63, 3.8) is 0 Å². The fraction of sp³-hybridized carbons (Fsp3) is 0.125. The molecule has 1 rings (SSSR count). The summed E-state index contributed by atoms with van der Waals surface area (Å²) in [6.45, 7) is 3.93. The summed E-state index contributed by atoms with van der Waals surface area (Å²) in [4.78, 5) is 3.94. The van der Waals surface area contributed by atoms with Gasteiger partial charge in [0.25, 0.3) is 0 Å². The zero-order chi connectivity index (χ0) is 8.97. The summed E-state index contributed by atoms with van der Waals surface area (Å²) >= 11 is 9.12. The summed E-state index contributed by atoms with van der Waals surface area (Å²) in [6, 6.07) is 1.75. The first-order valence-electron chi connectivity index (χ1n) is 3.29. The molecule has 0 saturated heterocycles. The van der Waals surface area contributed by atoms with Crippen molar-refractivity contribution in [3.05, 3.63) is 34.4 Å². The van der Waals surface area contributed by atoms with E-state index in [4.69, 9.17) is 16.3 Å². The molecule has 0 bridgehead atoms. The van der Waals surface area contributed by atoms with Gasteiger partial charge in [0.2, 0.25) is 5.88 Å². The summed E-state index contributed by atoms with van der Waals surface area (Å²) in [6.07, 6.45) is 3.26. The van der Waals surface area contributed by atoms with Crippen LogP contribution >= 0.6 is 27.5 Å². The second kappa shape index (κ2) is 4.48. The number of hydrogen-bond acceptors (Lipinski definition) is 2. The van der Waals surface area contributed by atoms with Crippen molar-refractivity contribution in [2.75, 3.05) is 6.61 Å². The SMILES string of the molecule is C=CCOc1nccc(Br)c1Cl. The van der Waals surface area contributed by atoms with Crippen LogP contribution in [0.15, 0.2) is 29.4 Å². The Labute approximate surface area is 84.3 Å². The first-order valence-corrected chi connectivity index (χ1v) is 4.46. The molecule has 0 fully saturated rings. The molecular weight excluding hydrogens is 241 g/mol. The van der Waals surface area contributed by atoms with Crippen molar-refractivity contribution in [2.45, 2.75) is 0 Å². The third-order valence-electron chi connectivity index (χ3n) is 1.15. The van der Waals surface area contributed by atoms with Crippen LogP contribution in [0.5, 0.6) is 5.88 Å². The highest BCUT2D eigenvalue weighted by molar-refractivity contribution is 9.10. The van der Waals surface area contributed by atoms with Crippen LogP contribution in [0, 0.1) is 0 Å². The maximum absolute atomic E-state index is 5.86. The van der Waals surface area contributed by atoms with E-state index in [0.29, 0.717) is 17.5 Å². The fourth-order valence-electron chi connectivity index (χ4n) is 0.641. The van der Waals surface area contributed by atoms with Gasteiger partial charge in [-0.15, -0.1) is 0 Å². The normalized spacial score (nSPS) is 9.50. The number of ether oxygens (including phenoxy) is 1. The first-order chi connectivity index (χ1) is 5.75. The summed E-state index contributed by atoms with van der Waals surface area (Å²) in [5, 5.41) is 0.486. The average molecular weight is 249 g/mol. The summed E-state index contributed by atoms with van der Waals surface area (Å²) in [5.74, 6) is 0.422. The molecule has 0 unspecified atom stereocenters. The third-order valence-corrected chi connectivity index (χ3v) is 2.40. The van der Waals surface area contributed by atoms with Gasteiger partial charge in [-0.2, -0.15) is 0 Å². The highest BCUT2D eigenvalue weighted by Crippen LogP contribution is 2.29. The smallest absolute Gasteiger partial charge is 0.234 e. The monoisotopic (exact) mass is 247 g/mol. The lowest BCUT2D eigenvalue weighted by atomic mass is 10.5. The van der Waals surface area contributed by atoms with Gasteiger partial charge in [0.15, 0.2) is 0 Å². The Bertz CT molecular complexity index is 290. The highest BCUT2D eigenvalue weighted by Gasteiger charge is 2.04. The minimum absolute atomic E-state index is 0.406. The number of rotatable bonds is 3. The van der Waals surface area contributed by atoms with Crippen LogP contribution in [0.4, 0.5) is 0 Å². The van der Waals surface area contributed by atoms with Gasteiger partial charge in [-0.3, -0.25) is 0 Å². The van der Waals surface area contributed by atoms with E-state index >= 15 is 0 Å². The maximum atomic E-state index is 5.86. The largest absolute Gasteiger partial charge is 0.472 e. The van der Waals surface area contributed by atoms with Crippen LogP contribution in [-0.2, 0) is 0 Å². The molecular formula is C8H7BrClNO. The maximum Gasteiger partial charge on any atom is 0.234 e. The minimum atomic E-state index is 0.406. The molecule has 2 nitrogen and oxygen atoms in total. The molecule has 0 N–H and O–H groups in total. The predicted octanol–water partition coefficient (Wildman–Crippen LogP) is 3.06. The number of hydrogen-bond donors (Lipinski definition) is 0. The molecule has 0 saturated carbocycles. The number of halogens is 2. The molecule has 1 aromatic heterocycles. The molecule has 0 aliphatic carbocycles. The Kier molecular flexibility index (Phi) is 3.56. The van der Waals surface area contributed by atoms with Crippen LogP contribution in [0.1, 0.15) is 0 Å². The van der Waals surface area contributed by atoms with Crippen LogP contribution < -0.4 is 4.74 Å². The number of nitrogens with zero attached hydrogens (tertiary/aromatic N) is 1. The van der Waals surface area contributed by atoms with Gasteiger partial charge in [0, 0.05) is 10.7 Å². The van der Waals surface area contributed by atoms with Gasteiger partial charge in [-0.25, -0.2) is 4.98 Å². The second-order valence-electron chi connectivity index (χ2n) is 2.01. The molecule has 0 aromatic carbocycles. The lowest BCUT2D eigenvalue weighted by Gasteiger charge is -2.04. The molecule has 4 heteroatoms. The Morgan fingerprint density at radius 3 is 3.17 bits per heavy atom. The Hall–Kier alpha value is -0.540. The standard InChI is InChI=1S/C8H7BrClNO/c1-2-5-12-8-7(10)6(9)3-4-11-8/h2-4H,1,5H2. The van der Waals surface area contributed by atoms with Crippen molar-refractivity contribution >= 4 is 27.5 Å². The van der Waals surface area contributed by atoms with Crippen LogP contribution in [-0.4, -0.2) is 11.6 Å².